The van der Waals surface area contributed by atoms with E-state index in [1.54, 1.807) is 23.7 Å². The predicted octanol–water partition coefficient (Wildman–Crippen LogP) is 3.41. The van der Waals surface area contributed by atoms with Gasteiger partial charge in [-0.2, -0.15) is 0 Å². The van der Waals surface area contributed by atoms with Crippen molar-refractivity contribution in [2.75, 3.05) is 0 Å². The van der Waals surface area contributed by atoms with Crippen LogP contribution in [0.25, 0.3) is 6.08 Å². The van der Waals surface area contributed by atoms with Crippen molar-refractivity contribution in [2.45, 2.75) is 0 Å². The lowest BCUT2D eigenvalue weighted by atomic mass is 10.4. The van der Waals surface area contributed by atoms with E-state index in [1.807, 2.05) is 35.7 Å². The number of thiophene rings is 1. The van der Waals surface area contributed by atoms with Crippen LogP contribution in [-0.2, 0) is 0 Å². The van der Waals surface area contributed by atoms with Gasteiger partial charge in [0, 0.05) is 0 Å². The quantitative estimate of drug-likeness (QED) is 0.643. The van der Waals surface area contributed by atoms with E-state index in [1.165, 1.54) is 0 Å². The van der Waals surface area contributed by atoms with Crippen molar-refractivity contribution < 1.29 is 4.42 Å². The topological polar surface area (TPSA) is 13.1 Å². The monoisotopic (exact) mass is 200 g/mol. The molecule has 2 heterocycles. The molecule has 1 nitrogen and oxygen atoms in total. The number of hydrogen-bond donors (Lipinski definition) is 0. The summed E-state index contributed by atoms with van der Waals surface area (Å²) in [4.78, 5) is 1.08. The smallest absolute Gasteiger partial charge is 0.127 e. The molecule has 0 aliphatic heterocycles. The van der Waals surface area contributed by atoms with Gasteiger partial charge in [0.15, 0.2) is 0 Å². The van der Waals surface area contributed by atoms with Crippen molar-refractivity contribution in [3.05, 3.63) is 52.6 Å². The standard InChI is InChI=1S/C12H8OS/c1(5-11-6-3-9-13-11)2-7-12-8-4-10-14-12/h1,3-6,8-10H/b5-1+. The summed E-state index contributed by atoms with van der Waals surface area (Å²) >= 11 is 1.64. The maximum atomic E-state index is 5.12. The lowest BCUT2D eigenvalue weighted by molar-refractivity contribution is 0.557. The highest BCUT2D eigenvalue weighted by Gasteiger charge is 1.84. The molecule has 0 fully saturated rings. The van der Waals surface area contributed by atoms with Crippen LogP contribution >= 0.6 is 11.3 Å². The first-order chi connectivity index (χ1) is 6.95. The Balaban J connectivity index is 2.00. The molecule has 0 spiro atoms. The molecular weight excluding hydrogens is 192 g/mol. The zero-order chi connectivity index (χ0) is 9.64. The summed E-state index contributed by atoms with van der Waals surface area (Å²) in [5.74, 6) is 6.80. The molecule has 2 aromatic rings. The maximum absolute atomic E-state index is 5.12. The van der Waals surface area contributed by atoms with Gasteiger partial charge in [-0.05, 0) is 35.7 Å². The summed E-state index contributed by atoms with van der Waals surface area (Å²) in [5, 5.41) is 2.01. The second kappa shape index (κ2) is 4.50. The lowest BCUT2D eigenvalue weighted by Gasteiger charge is -1.77. The van der Waals surface area contributed by atoms with Gasteiger partial charge in [-0.1, -0.05) is 17.9 Å². The molecular formula is C12H8OS. The van der Waals surface area contributed by atoms with Crippen molar-refractivity contribution >= 4 is 17.4 Å². The molecule has 0 radical (unpaired) electrons. The highest BCUT2D eigenvalue weighted by atomic mass is 32.1. The van der Waals surface area contributed by atoms with Crippen molar-refractivity contribution in [1.82, 2.24) is 0 Å². The van der Waals surface area contributed by atoms with Crippen LogP contribution in [0.5, 0.6) is 0 Å². The summed E-state index contributed by atoms with van der Waals surface area (Å²) in [6, 6.07) is 7.74. The van der Waals surface area contributed by atoms with Gasteiger partial charge in [0.25, 0.3) is 0 Å². The molecule has 2 aromatic heterocycles. The van der Waals surface area contributed by atoms with Gasteiger partial charge in [-0.3, -0.25) is 0 Å². The fourth-order valence-corrected chi connectivity index (χ4v) is 1.55. The summed E-state index contributed by atoms with van der Waals surface area (Å²) in [7, 11) is 0. The minimum absolute atomic E-state index is 0.825. The van der Waals surface area contributed by atoms with Crippen LogP contribution in [0.4, 0.5) is 0 Å². The zero-order valence-corrected chi connectivity index (χ0v) is 8.25. The van der Waals surface area contributed by atoms with Gasteiger partial charge in [-0.25, -0.2) is 0 Å². The molecule has 0 unspecified atom stereocenters. The maximum Gasteiger partial charge on any atom is 0.127 e. The van der Waals surface area contributed by atoms with Crippen LogP contribution in [0.3, 0.4) is 0 Å². The molecule has 0 bridgehead atoms. The summed E-state index contributed by atoms with van der Waals surface area (Å²) < 4.78 is 5.12. The van der Waals surface area contributed by atoms with Gasteiger partial charge < -0.3 is 4.42 Å². The van der Waals surface area contributed by atoms with Crippen molar-refractivity contribution in [2.24, 2.45) is 0 Å². The van der Waals surface area contributed by atoms with E-state index in [0.717, 1.165) is 10.6 Å². The van der Waals surface area contributed by atoms with Gasteiger partial charge >= 0.3 is 0 Å². The highest BCUT2D eigenvalue weighted by molar-refractivity contribution is 7.10. The van der Waals surface area contributed by atoms with E-state index in [4.69, 9.17) is 4.42 Å². The second-order valence-electron chi connectivity index (χ2n) is 2.60. The van der Waals surface area contributed by atoms with E-state index in [0.29, 0.717) is 0 Å². The normalized spacial score (nSPS) is 10.0. The molecule has 2 rings (SSSR count). The third-order valence-electron chi connectivity index (χ3n) is 1.59. The average molecular weight is 200 g/mol. The summed E-state index contributed by atoms with van der Waals surface area (Å²) in [6.07, 6.45) is 5.28. The van der Waals surface area contributed by atoms with Crippen LogP contribution in [0, 0.1) is 11.8 Å². The molecule has 0 aliphatic carbocycles. The molecule has 0 aliphatic rings. The van der Waals surface area contributed by atoms with Gasteiger partial charge in [0.1, 0.15) is 5.76 Å². The summed E-state index contributed by atoms with van der Waals surface area (Å²) in [5.41, 5.74) is 0. The Bertz CT molecular complexity index is 452. The van der Waals surface area contributed by atoms with Crippen LogP contribution in [-0.4, -0.2) is 0 Å². The highest BCUT2D eigenvalue weighted by Crippen LogP contribution is 2.05. The first-order valence-corrected chi connectivity index (χ1v) is 5.08. The number of hydrogen-bond acceptors (Lipinski definition) is 2. The number of furan rings is 1. The SMILES string of the molecule is C(#Cc1cccs1)/C=C/c1ccco1. The van der Waals surface area contributed by atoms with Gasteiger partial charge in [0.2, 0.25) is 0 Å². The fraction of sp³-hybridized carbons (Fsp3) is 0. The second-order valence-corrected chi connectivity index (χ2v) is 3.54. The lowest BCUT2D eigenvalue weighted by Crippen LogP contribution is -1.60. The van der Waals surface area contributed by atoms with Crippen molar-refractivity contribution in [3.63, 3.8) is 0 Å². The number of allylic oxidation sites excluding steroid dienone is 1. The first kappa shape index (κ1) is 8.86. The third kappa shape index (κ3) is 2.38. The van der Waals surface area contributed by atoms with E-state index < -0.39 is 0 Å². The van der Waals surface area contributed by atoms with E-state index in [9.17, 15) is 0 Å². The Kier molecular flexibility index (Phi) is 2.85. The van der Waals surface area contributed by atoms with Gasteiger partial charge in [-0.15, -0.1) is 11.3 Å². The van der Waals surface area contributed by atoms with Crippen LogP contribution in [0.2, 0.25) is 0 Å². The largest absolute Gasteiger partial charge is 0.465 e. The van der Waals surface area contributed by atoms with Crippen LogP contribution in [0.1, 0.15) is 10.6 Å². The molecule has 14 heavy (non-hydrogen) atoms. The van der Waals surface area contributed by atoms with E-state index in [2.05, 4.69) is 11.8 Å². The molecule has 68 valence electrons. The van der Waals surface area contributed by atoms with Crippen LogP contribution in [0.15, 0.2) is 46.4 Å². The predicted molar refractivity (Wildman–Crippen MR) is 58.9 cm³/mol. The van der Waals surface area contributed by atoms with Crippen LogP contribution < -0.4 is 0 Å². The Morgan fingerprint density at radius 3 is 3.00 bits per heavy atom. The molecule has 0 aromatic carbocycles. The minimum Gasteiger partial charge on any atom is -0.465 e. The Labute approximate surface area is 86.7 Å². The fourth-order valence-electron chi connectivity index (χ4n) is 0.972. The molecule has 0 saturated carbocycles. The van der Waals surface area contributed by atoms with E-state index in [-0.39, 0.29) is 0 Å². The Hall–Kier alpha value is -1.72. The number of rotatable bonds is 1. The van der Waals surface area contributed by atoms with Crippen molar-refractivity contribution in [1.29, 1.82) is 0 Å². The first-order valence-electron chi connectivity index (χ1n) is 4.20. The van der Waals surface area contributed by atoms with Crippen molar-refractivity contribution in [3.8, 4) is 11.8 Å². The Morgan fingerprint density at radius 2 is 2.29 bits per heavy atom. The zero-order valence-electron chi connectivity index (χ0n) is 7.44. The Morgan fingerprint density at radius 1 is 1.29 bits per heavy atom. The molecule has 0 N–H and O–H groups in total. The molecule has 0 atom stereocenters. The average Bonchev–Trinajstić information content (AvgIpc) is 2.86. The minimum atomic E-state index is 0.825. The van der Waals surface area contributed by atoms with E-state index >= 15 is 0 Å². The molecule has 0 amide bonds. The molecule has 0 saturated heterocycles. The third-order valence-corrected chi connectivity index (χ3v) is 2.38. The van der Waals surface area contributed by atoms with Gasteiger partial charge in [0.05, 0.1) is 11.1 Å². The summed E-state index contributed by atoms with van der Waals surface area (Å²) in [6.45, 7) is 0. The molecule has 2 heteroatoms.